The number of fused-ring (bicyclic) bond motifs is 1. The highest BCUT2D eigenvalue weighted by molar-refractivity contribution is 5.86. The number of hydrogen-bond acceptors (Lipinski definition) is 2. The van der Waals surface area contributed by atoms with E-state index in [9.17, 15) is 4.79 Å². The fourth-order valence-electron chi connectivity index (χ4n) is 3.62. The molecule has 3 nitrogen and oxygen atoms in total. The normalized spacial score (nSPS) is 16.8. The maximum Gasteiger partial charge on any atom is 0.407 e. The summed E-state index contributed by atoms with van der Waals surface area (Å²) in [5.41, 5.74) is 1.10. The summed E-state index contributed by atoms with van der Waals surface area (Å²) in [5, 5.41) is 5.27. The van der Waals surface area contributed by atoms with Gasteiger partial charge in [0.2, 0.25) is 0 Å². The minimum absolute atomic E-state index is 0.0964. The lowest BCUT2D eigenvalue weighted by molar-refractivity contribution is 0.154. The van der Waals surface area contributed by atoms with Gasteiger partial charge in [0.05, 0.1) is 6.04 Å². The molecule has 1 saturated carbocycles. The van der Waals surface area contributed by atoms with Crippen LogP contribution in [0.3, 0.4) is 0 Å². The van der Waals surface area contributed by atoms with Crippen molar-refractivity contribution in [2.75, 3.05) is 6.61 Å². The van der Waals surface area contributed by atoms with Crippen LogP contribution in [-0.4, -0.2) is 12.7 Å². The fraction of sp³-hybridized carbons (Fsp3) is 0.409. The lowest BCUT2D eigenvalue weighted by atomic mass is 9.89. The molecule has 3 heteroatoms. The van der Waals surface area contributed by atoms with Gasteiger partial charge >= 0.3 is 6.09 Å². The molecule has 0 radical (unpaired) electrons. The third-order valence-corrected chi connectivity index (χ3v) is 4.99. The molecule has 0 heterocycles. The monoisotopic (exact) mass is 337 g/mol. The molecule has 1 fully saturated rings. The molecule has 2 aromatic carbocycles. The summed E-state index contributed by atoms with van der Waals surface area (Å²) in [7, 11) is 0. The quantitative estimate of drug-likeness (QED) is 0.704. The van der Waals surface area contributed by atoms with Crippen LogP contribution in [0.1, 0.15) is 50.6 Å². The number of amides is 1. The van der Waals surface area contributed by atoms with Gasteiger partial charge in [0.15, 0.2) is 0 Å². The highest BCUT2D eigenvalue weighted by Crippen LogP contribution is 2.25. The van der Waals surface area contributed by atoms with Crippen LogP contribution in [-0.2, 0) is 4.74 Å². The maximum absolute atomic E-state index is 12.0. The molecule has 1 aliphatic carbocycles. The smallest absolute Gasteiger partial charge is 0.407 e. The molecule has 2 aromatic rings. The molecule has 0 bridgehead atoms. The predicted molar refractivity (Wildman–Crippen MR) is 103 cm³/mol. The van der Waals surface area contributed by atoms with Gasteiger partial charge in [-0.2, -0.15) is 0 Å². The van der Waals surface area contributed by atoms with Crippen LogP contribution in [0, 0.1) is 5.92 Å². The third kappa shape index (κ3) is 4.85. The lowest BCUT2D eigenvalue weighted by Gasteiger charge is -2.18. The van der Waals surface area contributed by atoms with E-state index >= 15 is 0 Å². The molecule has 1 atom stereocenters. The Labute approximate surface area is 150 Å². The summed E-state index contributed by atoms with van der Waals surface area (Å²) < 4.78 is 5.30. The van der Waals surface area contributed by atoms with Crippen LogP contribution in [0.4, 0.5) is 4.79 Å². The number of rotatable bonds is 5. The number of benzene rings is 2. The summed E-state index contributed by atoms with van der Waals surface area (Å²) >= 11 is 0. The summed E-state index contributed by atoms with van der Waals surface area (Å²) in [6, 6.07) is 14.3. The standard InChI is InChI=1S/C22H27NO2/c1-17(20-15-7-13-19-12-5-6-14-21(19)20)23-22(24)25-16-8-11-18-9-3-2-4-10-18/h5-8,11-15,17-18H,2-4,9-10,16H2,1H3,(H,23,24)/b11-8+/t17-/m1/s1. The molecule has 0 saturated heterocycles. The minimum Gasteiger partial charge on any atom is -0.445 e. The van der Waals surface area contributed by atoms with Crippen LogP contribution in [0.5, 0.6) is 0 Å². The summed E-state index contributed by atoms with van der Waals surface area (Å²) in [4.78, 5) is 12.0. The molecule has 0 unspecified atom stereocenters. The Morgan fingerprint density at radius 1 is 1.16 bits per heavy atom. The van der Waals surface area contributed by atoms with E-state index in [1.54, 1.807) is 0 Å². The average Bonchev–Trinajstić information content (AvgIpc) is 2.65. The molecule has 0 spiro atoms. The van der Waals surface area contributed by atoms with Crippen LogP contribution < -0.4 is 5.32 Å². The van der Waals surface area contributed by atoms with Gasteiger partial charge in [-0.25, -0.2) is 4.79 Å². The van der Waals surface area contributed by atoms with E-state index in [1.807, 2.05) is 31.2 Å². The number of allylic oxidation sites excluding steroid dienone is 1. The van der Waals surface area contributed by atoms with Gasteiger partial charge in [0.1, 0.15) is 6.61 Å². The third-order valence-electron chi connectivity index (χ3n) is 4.99. The van der Waals surface area contributed by atoms with Crippen molar-refractivity contribution < 1.29 is 9.53 Å². The number of carbonyl (C=O) groups excluding carboxylic acids is 1. The van der Waals surface area contributed by atoms with E-state index in [4.69, 9.17) is 4.74 Å². The van der Waals surface area contributed by atoms with Crippen molar-refractivity contribution in [1.82, 2.24) is 5.32 Å². The summed E-state index contributed by atoms with van der Waals surface area (Å²) in [6.45, 7) is 2.32. The summed E-state index contributed by atoms with van der Waals surface area (Å²) in [5.74, 6) is 0.662. The maximum atomic E-state index is 12.0. The molecular formula is C22H27NO2. The van der Waals surface area contributed by atoms with Crippen molar-refractivity contribution in [2.24, 2.45) is 5.92 Å². The zero-order valence-electron chi connectivity index (χ0n) is 14.9. The molecular weight excluding hydrogens is 310 g/mol. The number of carbonyl (C=O) groups is 1. The highest BCUT2D eigenvalue weighted by Gasteiger charge is 2.13. The van der Waals surface area contributed by atoms with Gasteiger partial charge in [-0.3, -0.25) is 0 Å². The molecule has 3 rings (SSSR count). The molecule has 25 heavy (non-hydrogen) atoms. The number of hydrogen-bond donors (Lipinski definition) is 1. The van der Waals surface area contributed by atoms with Gasteiger partial charge in [0, 0.05) is 0 Å². The van der Waals surface area contributed by atoms with Crippen LogP contribution in [0.15, 0.2) is 54.6 Å². The van der Waals surface area contributed by atoms with Crippen molar-refractivity contribution in [1.29, 1.82) is 0 Å². The molecule has 1 aliphatic rings. The Kier molecular flexibility index (Phi) is 6.10. The fourth-order valence-corrected chi connectivity index (χ4v) is 3.62. The first kappa shape index (κ1) is 17.5. The molecule has 1 amide bonds. The van der Waals surface area contributed by atoms with E-state index in [-0.39, 0.29) is 12.1 Å². The Hall–Kier alpha value is -2.29. The van der Waals surface area contributed by atoms with Gasteiger partial charge in [-0.05, 0) is 42.0 Å². The van der Waals surface area contributed by atoms with E-state index < -0.39 is 0 Å². The summed E-state index contributed by atoms with van der Waals surface area (Å²) in [6.07, 6.45) is 10.3. The van der Waals surface area contributed by atoms with Gasteiger partial charge in [-0.15, -0.1) is 0 Å². The SMILES string of the molecule is C[C@@H](NC(=O)OC/C=C/C1CCCCC1)c1cccc2ccccc12. The van der Waals surface area contributed by atoms with E-state index in [0.717, 1.165) is 10.9 Å². The second kappa shape index (κ2) is 8.70. The van der Waals surface area contributed by atoms with Crippen molar-refractivity contribution in [3.8, 4) is 0 Å². The molecule has 0 aromatic heterocycles. The van der Waals surface area contributed by atoms with Crippen LogP contribution in [0.2, 0.25) is 0 Å². The predicted octanol–water partition coefficient (Wildman–Crippen LogP) is 5.76. The van der Waals surface area contributed by atoms with Crippen molar-refractivity contribution in [2.45, 2.75) is 45.1 Å². The van der Waals surface area contributed by atoms with Crippen molar-refractivity contribution in [3.63, 3.8) is 0 Å². The first-order valence-electron chi connectivity index (χ1n) is 9.31. The molecule has 1 N–H and O–H groups in total. The molecule has 132 valence electrons. The van der Waals surface area contributed by atoms with Gasteiger partial charge in [-0.1, -0.05) is 73.9 Å². The number of ether oxygens (including phenoxy) is 1. The van der Waals surface area contributed by atoms with Crippen molar-refractivity contribution in [3.05, 3.63) is 60.2 Å². The van der Waals surface area contributed by atoms with E-state index in [1.165, 1.54) is 37.5 Å². The Morgan fingerprint density at radius 2 is 1.92 bits per heavy atom. The average molecular weight is 337 g/mol. The number of alkyl carbamates (subject to hydrolysis) is 1. The minimum atomic E-state index is -0.367. The Morgan fingerprint density at radius 3 is 2.76 bits per heavy atom. The second-order valence-corrected chi connectivity index (χ2v) is 6.86. The second-order valence-electron chi connectivity index (χ2n) is 6.86. The topological polar surface area (TPSA) is 38.3 Å². The molecule has 0 aliphatic heterocycles. The first-order chi connectivity index (χ1) is 12.2. The van der Waals surface area contributed by atoms with Crippen LogP contribution in [0.25, 0.3) is 10.8 Å². The zero-order chi connectivity index (χ0) is 17.5. The Bertz CT molecular complexity index is 726. The van der Waals surface area contributed by atoms with Crippen LogP contribution >= 0.6 is 0 Å². The largest absolute Gasteiger partial charge is 0.445 e. The van der Waals surface area contributed by atoms with Gasteiger partial charge in [0.25, 0.3) is 0 Å². The number of nitrogens with one attached hydrogen (secondary N) is 1. The Balaban J connectivity index is 1.51. The lowest BCUT2D eigenvalue weighted by Crippen LogP contribution is -2.27. The van der Waals surface area contributed by atoms with Crippen molar-refractivity contribution >= 4 is 16.9 Å². The van der Waals surface area contributed by atoms with E-state index in [0.29, 0.717) is 12.5 Å². The van der Waals surface area contributed by atoms with E-state index in [2.05, 4.69) is 35.7 Å². The van der Waals surface area contributed by atoms with Gasteiger partial charge < -0.3 is 10.1 Å². The first-order valence-corrected chi connectivity index (χ1v) is 9.31. The zero-order valence-corrected chi connectivity index (χ0v) is 14.9. The highest BCUT2D eigenvalue weighted by atomic mass is 16.5.